The Labute approximate surface area is 157 Å². The number of esters is 2. The summed E-state index contributed by atoms with van der Waals surface area (Å²) in [6.45, 7) is 6.94. The van der Waals surface area contributed by atoms with Crippen LogP contribution in [-0.2, 0) is 9.47 Å². The SMILES string of the molecule is CCOC(=O)c1c(C)[nH]c(C)c1C(=O)COC(=O)c1ccccc1OCC. The van der Waals surface area contributed by atoms with Crippen LogP contribution in [0.25, 0.3) is 0 Å². The van der Waals surface area contributed by atoms with Gasteiger partial charge in [-0.3, -0.25) is 4.79 Å². The number of aromatic nitrogens is 1. The van der Waals surface area contributed by atoms with Gasteiger partial charge < -0.3 is 19.2 Å². The first kappa shape index (κ1) is 20.2. The second kappa shape index (κ2) is 9.02. The normalized spacial score (nSPS) is 10.4. The number of aryl methyl sites for hydroxylation is 2. The van der Waals surface area contributed by atoms with Gasteiger partial charge in [-0.05, 0) is 39.8 Å². The number of nitrogens with one attached hydrogen (secondary N) is 1. The van der Waals surface area contributed by atoms with Crippen molar-refractivity contribution in [1.82, 2.24) is 4.98 Å². The lowest BCUT2D eigenvalue weighted by molar-refractivity contribution is 0.0468. The van der Waals surface area contributed by atoms with Crippen molar-refractivity contribution in [2.45, 2.75) is 27.7 Å². The van der Waals surface area contributed by atoms with Crippen LogP contribution in [0.3, 0.4) is 0 Å². The zero-order valence-corrected chi connectivity index (χ0v) is 15.9. The van der Waals surface area contributed by atoms with E-state index in [-0.39, 0.29) is 23.3 Å². The molecule has 144 valence electrons. The Balaban J connectivity index is 2.17. The first-order valence-electron chi connectivity index (χ1n) is 8.69. The van der Waals surface area contributed by atoms with E-state index in [1.807, 2.05) is 0 Å². The highest BCUT2D eigenvalue weighted by Gasteiger charge is 2.26. The molecular formula is C20H23NO6. The molecule has 1 heterocycles. The minimum absolute atomic E-state index is 0.171. The van der Waals surface area contributed by atoms with Gasteiger partial charge in [0.05, 0.1) is 24.3 Å². The molecule has 0 atom stereocenters. The van der Waals surface area contributed by atoms with Crippen LogP contribution in [0.4, 0.5) is 0 Å². The molecule has 7 heteroatoms. The minimum Gasteiger partial charge on any atom is -0.493 e. The van der Waals surface area contributed by atoms with Gasteiger partial charge in [-0.15, -0.1) is 0 Å². The van der Waals surface area contributed by atoms with Gasteiger partial charge >= 0.3 is 11.9 Å². The number of Topliss-reactive ketones (excluding diaryl/α,β-unsaturated/α-hetero) is 1. The number of para-hydroxylation sites is 1. The maximum atomic E-state index is 12.6. The average molecular weight is 373 g/mol. The van der Waals surface area contributed by atoms with Crippen molar-refractivity contribution in [2.24, 2.45) is 0 Å². The van der Waals surface area contributed by atoms with Crippen molar-refractivity contribution >= 4 is 17.7 Å². The van der Waals surface area contributed by atoms with E-state index in [1.165, 1.54) is 0 Å². The highest BCUT2D eigenvalue weighted by atomic mass is 16.5. The van der Waals surface area contributed by atoms with Gasteiger partial charge in [-0.2, -0.15) is 0 Å². The molecule has 0 bridgehead atoms. The number of H-pyrrole nitrogens is 1. The first-order chi connectivity index (χ1) is 12.9. The molecule has 27 heavy (non-hydrogen) atoms. The lowest BCUT2D eigenvalue weighted by Gasteiger charge is -2.10. The number of carbonyl (C=O) groups is 3. The second-order valence-corrected chi connectivity index (χ2v) is 5.77. The smallest absolute Gasteiger partial charge is 0.342 e. The monoisotopic (exact) mass is 373 g/mol. The summed E-state index contributed by atoms with van der Waals surface area (Å²) in [6, 6.07) is 6.64. The third kappa shape index (κ3) is 4.55. The summed E-state index contributed by atoms with van der Waals surface area (Å²) in [5, 5.41) is 0. The number of aromatic amines is 1. The maximum Gasteiger partial charge on any atom is 0.342 e. The Morgan fingerprint density at radius 1 is 0.889 bits per heavy atom. The summed E-state index contributed by atoms with van der Waals surface area (Å²) in [6.07, 6.45) is 0. The molecule has 1 N–H and O–H groups in total. The number of carbonyl (C=O) groups excluding carboxylic acids is 3. The lowest BCUT2D eigenvalue weighted by atomic mass is 10.1. The Kier molecular flexibility index (Phi) is 6.76. The molecule has 2 rings (SSSR count). The molecule has 0 fully saturated rings. The highest BCUT2D eigenvalue weighted by molar-refractivity contribution is 6.09. The van der Waals surface area contributed by atoms with Gasteiger partial charge in [0, 0.05) is 11.4 Å². The number of ether oxygens (including phenoxy) is 3. The number of hydrogen-bond acceptors (Lipinski definition) is 6. The molecule has 0 unspecified atom stereocenters. The fourth-order valence-corrected chi connectivity index (χ4v) is 2.79. The quantitative estimate of drug-likeness (QED) is 0.564. The molecule has 2 aromatic rings. The van der Waals surface area contributed by atoms with Gasteiger partial charge in [-0.25, -0.2) is 9.59 Å². The van der Waals surface area contributed by atoms with Crippen molar-refractivity contribution in [3.63, 3.8) is 0 Å². The fourth-order valence-electron chi connectivity index (χ4n) is 2.79. The van der Waals surface area contributed by atoms with Gasteiger partial charge in [0.15, 0.2) is 6.61 Å². The largest absolute Gasteiger partial charge is 0.493 e. The zero-order valence-electron chi connectivity index (χ0n) is 15.9. The predicted molar refractivity (Wildman–Crippen MR) is 98.4 cm³/mol. The minimum atomic E-state index is -0.671. The Morgan fingerprint density at radius 2 is 1.56 bits per heavy atom. The first-order valence-corrected chi connectivity index (χ1v) is 8.69. The summed E-state index contributed by atoms with van der Waals surface area (Å²) < 4.78 is 15.6. The molecule has 0 aliphatic carbocycles. The summed E-state index contributed by atoms with van der Waals surface area (Å²) in [4.78, 5) is 40.1. The molecule has 0 spiro atoms. The molecule has 0 amide bonds. The van der Waals surface area contributed by atoms with Crippen LogP contribution in [0.5, 0.6) is 5.75 Å². The predicted octanol–water partition coefficient (Wildman–Crippen LogP) is 3.25. The van der Waals surface area contributed by atoms with Crippen molar-refractivity contribution in [1.29, 1.82) is 0 Å². The van der Waals surface area contributed by atoms with Gasteiger partial charge in [0.2, 0.25) is 5.78 Å². The average Bonchev–Trinajstić information content (AvgIpc) is 2.94. The highest BCUT2D eigenvalue weighted by Crippen LogP contribution is 2.22. The fraction of sp³-hybridized carbons (Fsp3) is 0.350. The molecule has 7 nitrogen and oxygen atoms in total. The van der Waals surface area contributed by atoms with Crippen LogP contribution in [0, 0.1) is 13.8 Å². The third-order valence-corrected chi connectivity index (χ3v) is 3.87. The van der Waals surface area contributed by atoms with E-state index in [1.54, 1.807) is 52.0 Å². The number of benzene rings is 1. The topological polar surface area (TPSA) is 94.7 Å². The van der Waals surface area contributed by atoms with E-state index in [0.717, 1.165) is 0 Å². The molecular weight excluding hydrogens is 350 g/mol. The molecule has 0 saturated heterocycles. The number of ketones is 1. The van der Waals surface area contributed by atoms with Crippen LogP contribution in [-0.4, -0.2) is 42.5 Å². The Morgan fingerprint density at radius 3 is 2.22 bits per heavy atom. The van der Waals surface area contributed by atoms with Crippen LogP contribution < -0.4 is 4.74 Å². The van der Waals surface area contributed by atoms with E-state index in [2.05, 4.69) is 4.98 Å². The van der Waals surface area contributed by atoms with Crippen molar-refractivity contribution in [3.8, 4) is 5.75 Å². The Bertz CT molecular complexity index is 852. The zero-order chi connectivity index (χ0) is 20.0. The standard InChI is InChI=1S/C20H23NO6/c1-5-25-16-10-8-7-9-14(16)19(23)27-11-15(22)17-12(3)21-13(4)18(17)20(24)26-6-2/h7-10,21H,5-6,11H2,1-4H3. The summed E-state index contributed by atoms with van der Waals surface area (Å²) in [5.41, 5.74) is 1.63. The van der Waals surface area contributed by atoms with Crippen molar-refractivity contribution < 1.29 is 28.6 Å². The van der Waals surface area contributed by atoms with Crippen LogP contribution in [0.15, 0.2) is 24.3 Å². The number of hydrogen-bond donors (Lipinski definition) is 1. The Hall–Kier alpha value is -3.09. The van der Waals surface area contributed by atoms with Crippen LogP contribution >= 0.6 is 0 Å². The van der Waals surface area contributed by atoms with E-state index >= 15 is 0 Å². The van der Waals surface area contributed by atoms with E-state index in [9.17, 15) is 14.4 Å². The third-order valence-electron chi connectivity index (χ3n) is 3.87. The number of rotatable bonds is 8. The molecule has 1 aromatic heterocycles. The lowest BCUT2D eigenvalue weighted by Crippen LogP contribution is -2.18. The summed E-state index contributed by atoms with van der Waals surface area (Å²) >= 11 is 0. The van der Waals surface area contributed by atoms with Gasteiger partial charge in [0.1, 0.15) is 11.3 Å². The van der Waals surface area contributed by atoms with E-state index in [0.29, 0.717) is 23.7 Å². The molecule has 0 aliphatic heterocycles. The van der Waals surface area contributed by atoms with Gasteiger partial charge in [0.25, 0.3) is 0 Å². The maximum absolute atomic E-state index is 12.6. The van der Waals surface area contributed by atoms with E-state index in [4.69, 9.17) is 14.2 Å². The van der Waals surface area contributed by atoms with Crippen LogP contribution in [0.2, 0.25) is 0 Å². The molecule has 0 aliphatic rings. The molecule has 0 radical (unpaired) electrons. The molecule has 0 saturated carbocycles. The van der Waals surface area contributed by atoms with Crippen molar-refractivity contribution in [3.05, 3.63) is 52.3 Å². The van der Waals surface area contributed by atoms with Gasteiger partial charge in [-0.1, -0.05) is 12.1 Å². The second-order valence-electron chi connectivity index (χ2n) is 5.77. The summed E-state index contributed by atoms with van der Waals surface area (Å²) in [7, 11) is 0. The van der Waals surface area contributed by atoms with E-state index < -0.39 is 24.3 Å². The summed E-state index contributed by atoms with van der Waals surface area (Å²) in [5.74, 6) is -1.36. The van der Waals surface area contributed by atoms with Crippen LogP contribution in [0.1, 0.15) is 56.3 Å². The van der Waals surface area contributed by atoms with Crippen molar-refractivity contribution in [2.75, 3.05) is 19.8 Å². The molecule has 1 aromatic carbocycles.